The van der Waals surface area contributed by atoms with Crippen LogP contribution >= 0.6 is 0 Å². The van der Waals surface area contributed by atoms with Gasteiger partial charge in [0, 0.05) is 20.8 Å². The molecule has 0 aliphatic carbocycles. The first-order valence-corrected chi connectivity index (χ1v) is 10.2. The molecule has 8 heteroatoms. The van der Waals surface area contributed by atoms with Gasteiger partial charge in [0.25, 0.3) is 0 Å². The Morgan fingerprint density at radius 1 is 0.906 bits per heavy atom. The molecule has 1 amide bonds. The van der Waals surface area contributed by atoms with Crippen molar-refractivity contribution >= 4 is 24.1 Å². The Morgan fingerprint density at radius 3 is 1.84 bits per heavy atom. The minimum atomic E-state index is -1.02. The summed E-state index contributed by atoms with van der Waals surface area (Å²) >= 11 is 0. The molecule has 0 aliphatic heterocycles. The first kappa shape index (κ1) is 24.6. The van der Waals surface area contributed by atoms with Gasteiger partial charge in [-0.1, -0.05) is 53.7 Å². The van der Waals surface area contributed by atoms with E-state index in [1.807, 2.05) is 48.5 Å². The highest BCUT2D eigenvalue weighted by atomic mass is 16.5. The fourth-order valence-corrected chi connectivity index (χ4v) is 3.25. The molecule has 0 bridgehead atoms. The van der Waals surface area contributed by atoms with Gasteiger partial charge in [-0.25, -0.2) is 0 Å². The van der Waals surface area contributed by atoms with Gasteiger partial charge in [0.15, 0.2) is 0 Å². The third-order valence-electron chi connectivity index (χ3n) is 4.84. The van der Waals surface area contributed by atoms with Gasteiger partial charge in [0.05, 0.1) is 6.21 Å². The molecule has 32 heavy (non-hydrogen) atoms. The predicted molar refractivity (Wildman–Crippen MR) is 119 cm³/mol. The summed E-state index contributed by atoms with van der Waals surface area (Å²) in [6.07, 6.45) is 2.33. The quantitative estimate of drug-likeness (QED) is 0.254. The fourth-order valence-electron chi connectivity index (χ4n) is 3.25. The number of rotatable bonds is 10. The zero-order chi connectivity index (χ0) is 23.6. The average molecular weight is 440 g/mol. The number of nitrogens with zero attached hydrogens (tertiary/aromatic N) is 1. The number of carbonyl (C=O) groups excluding carboxylic acids is 3. The standard InChI is InChI=1S/C24H28N2O6/c1-17(27)26-24(15-31-18(2)28,16-32-19(3)29)13-12-20-4-8-22(9-5-20)23-10-6-21(7-11-23)14-25-30/h4-11,14,30H,12-13,15-16H2,1-3H3,(H,26,27)/b25-14-. The molecular weight excluding hydrogens is 412 g/mol. The first-order valence-electron chi connectivity index (χ1n) is 10.2. The van der Waals surface area contributed by atoms with Crippen molar-refractivity contribution in [1.82, 2.24) is 5.32 Å². The molecule has 8 nitrogen and oxygen atoms in total. The number of amides is 1. The zero-order valence-corrected chi connectivity index (χ0v) is 18.5. The number of carbonyl (C=O) groups is 3. The largest absolute Gasteiger partial charge is 0.463 e. The van der Waals surface area contributed by atoms with Gasteiger partial charge >= 0.3 is 11.9 Å². The van der Waals surface area contributed by atoms with E-state index < -0.39 is 17.5 Å². The second-order valence-corrected chi connectivity index (χ2v) is 7.59. The van der Waals surface area contributed by atoms with Crippen molar-refractivity contribution in [2.24, 2.45) is 5.16 Å². The maximum atomic E-state index is 11.8. The van der Waals surface area contributed by atoms with Gasteiger partial charge in [0.1, 0.15) is 18.8 Å². The number of hydrogen-bond acceptors (Lipinski definition) is 7. The monoisotopic (exact) mass is 440 g/mol. The molecule has 0 spiro atoms. The van der Waals surface area contributed by atoms with Crippen LogP contribution in [0, 0.1) is 0 Å². The molecule has 0 radical (unpaired) electrons. The van der Waals surface area contributed by atoms with E-state index in [0.29, 0.717) is 12.8 Å². The molecule has 0 aliphatic rings. The lowest BCUT2D eigenvalue weighted by atomic mass is 9.91. The van der Waals surface area contributed by atoms with Crippen LogP contribution in [0.5, 0.6) is 0 Å². The number of oxime groups is 1. The molecule has 0 heterocycles. The van der Waals surface area contributed by atoms with Crippen LogP contribution in [0.4, 0.5) is 0 Å². The molecule has 2 N–H and O–H groups in total. The van der Waals surface area contributed by atoms with Crippen molar-refractivity contribution in [3.05, 3.63) is 59.7 Å². The highest BCUT2D eigenvalue weighted by molar-refractivity contribution is 5.80. The summed E-state index contributed by atoms with van der Waals surface area (Å²) in [5.41, 5.74) is 2.82. The molecule has 0 atom stereocenters. The summed E-state index contributed by atoms with van der Waals surface area (Å²) < 4.78 is 10.3. The minimum absolute atomic E-state index is 0.100. The van der Waals surface area contributed by atoms with E-state index in [1.165, 1.54) is 27.0 Å². The summed E-state index contributed by atoms with van der Waals surface area (Å²) in [4.78, 5) is 34.5. The van der Waals surface area contributed by atoms with Gasteiger partial charge in [0.2, 0.25) is 5.91 Å². The van der Waals surface area contributed by atoms with Crippen molar-refractivity contribution < 1.29 is 29.1 Å². The normalized spacial score (nSPS) is 11.2. The van der Waals surface area contributed by atoms with E-state index in [1.54, 1.807) is 0 Å². The lowest BCUT2D eigenvalue weighted by molar-refractivity contribution is -0.150. The van der Waals surface area contributed by atoms with Crippen LogP contribution in [0.1, 0.15) is 38.3 Å². The summed E-state index contributed by atoms with van der Waals surface area (Å²) in [7, 11) is 0. The number of esters is 2. The lowest BCUT2D eigenvalue weighted by Crippen LogP contribution is -2.55. The Balaban J connectivity index is 2.14. The second-order valence-electron chi connectivity index (χ2n) is 7.59. The van der Waals surface area contributed by atoms with E-state index in [9.17, 15) is 14.4 Å². The Hall–Kier alpha value is -3.68. The van der Waals surface area contributed by atoms with Gasteiger partial charge in [-0.15, -0.1) is 0 Å². The summed E-state index contributed by atoms with van der Waals surface area (Å²) in [5, 5.41) is 14.4. The maximum absolute atomic E-state index is 11.8. The minimum Gasteiger partial charge on any atom is -0.463 e. The third kappa shape index (κ3) is 7.86. The SMILES string of the molecule is CC(=O)NC(CCc1ccc(-c2ccc(/C=N\O)cc2)cc1)(COC(C)=O)COC(C)=O. The topological polar surface area (TPSA) is 114 Å². The van der Waals surface area contributed by atoms with Crippen LogP contribution in [0.2, 0.25) is 0 Å². The van der Waals surface area contributed by atoms with E-state index in [-0.39, 0.29) is 19.1 Å². The Morgan fingerprint density at radius 2 is 1.41 bits per heavy atom. The summed E-state index contributed by atoms with van der Waals surface area (Å²) in [6.45, 7) is 3.73. The van der Waals surface area contributed by atoms with E-state index in [2.05, 4.69) is 10.5 Å². The van der Waals surface area contributed by atoms with E-state index in [0.717, 1.165) is 22.3 Å². The molecule has 2 aromatic rings. The predicted octanol–water partition coefficient (Wildman–Crippen LogP) is 3.10. The van der Waals surface area contributed by atoms with Crippen molar-refractivity contribution in [2.75, 3.05) is 13.2 Å². The zero-order valence-electron chi connectivity index (χ0n) is 18.5. The molecule has 0 aromatic heterocycles. The number of aryl methyl sites for hydroxylation is 1. The number of benzene rings is 2. The van der Waals surface area contributed by atoms with Crippen LogP contribution < -0.4 is 5.32 Å². The van der Waals surface area contributed by atoms with Crippen LogP contribution in [0.3, 0.4) is 0 Å². The number of ether oxygens (including phenoxy) is 2. The average Bonchev–Trinajstić information content (AvgIpc) is 2.75. The van der Waals surface area contributed by atoms with E-state index in [4.69, 9.17) is 14.7 Å². The molecule has 2 aromatic carbocycles. The van der Waals surface area contributed by atoms with Crippen LogP contribution in [-0.4, -0.2) is 48.0 Å². The number of nitrogens with one attached hydrogen (secondary N) is 1. The summed E-state index contributed by atoms with van der Waals surface area (Å²) in [5.74, 6) is -1.28. The van der Waals surface area contributed by atoms with Crippen LogP contribution in [0.15, 0.2) is 53.7 Å². The smallest absolute Gasteiger partial charge is 0.302 e. The molecule has 0 saturated carbocycles. The first-order chi connectivity index (χ1) is 15.2. The van der Waals surface area contributed by atoms with Crippen molar-refractivity contribution in [2.45, 2.75) is 39.2 Å². The van der Waals surface area contributed by atoms with Crippen LogP contribution in [-0.2, 0) is 30.3 Å². The van der Waals surface area contributed by atoms with Gasteiger partial charge in [-0.3, -0.25) is 14.4 Å². The molecular formula is C24H28N2O6. The molecule has 2 rings (SSSR count). The maximum Gasteiger partial charge on any atom is 0.302 e. The molecule has 0 unspecified atom stereocenters. The van der Waals surface area contributed by atoms with Crippen molar-refractivity contribution in [1.29, 1.82) is 0 Å². The summed E-state index contributed by atoms with van der Waals surface area (Å²) in [6, 6.07) is 15.5. The Bertz CT molecular complexity index is 933. The third-order valence-corrected chi connectivity index (χ3v) is 4.84. The Kier molecular flexibility index (Phi) is 8.95. The fraction of sp³-hybridized carbons (Fsp3) is 0.333. The van der Waals surface area contributed by atoms with Gasteiger partial charge < -0.3 is 20.0 Å². The number of hydrogen-bond donors (Lipinski definition) is 2. The van der Waals surface area contributed by atoms with Gasteiger partial charge in [-0.2, -0.15) is 0 Å². The van der Waals surface area contributed by atoms with Crippen molar-refractivity contribution in [3.8, 4) is 11.1 Å². The van der Waals surface area contributed by atoms with Gasteiger partial charge in [-0.05, 0) is 35.1 Å². The molecule has 0 saturated heterocycles. The van der Waals surface area contributed by atoms with E-state index >= 15 is 0 Å². The highest BCUT2D eigenvalue weighted by Crippen LogP contribution is 2.22. The second kappa shape index (κ2) is 11.6. The molecule has 0 fully saturated rings. The van der Waals surface area contributed by atoms with Crippen LogP contribution in [0.25, 0.3) is 11.1 Å². The highest BCUT2D eigenvalue weighted by Gasteiger charge is 2.34. The lowest BCUT2D eigenvalue weighted by Gasteiger charge is -2.33. The Labute approximate surface area is 187 Å². The van der Waals surface area contributed by atoms with Crippen molar-refractivity contribution in [3.63, 3.8) is 0 Å². The molecule has 170 valence electrons.